The minimum absolute atomic E-state index is 0. The molecule has 3 fully saturated rings. The van der Waals surface area contributed by atoms with Crippen LogP contribution in [0.1, 0.15) is 51.1 Å². The number of nitrogens with zero attached hydrogens (tertiary/aromatic N) is 2. The second-order valence-corrected chi connectivity index (χ2v) is 9.36. The Kier molecular flexibility index (Phi) is 8.87. The first-order valence-electron chi connectivity index (χ1n) is 10.9. The largest absolute Gasteiger partial charge is 0.497 e. The van der Waals surface area contributed by atoms with Gasteiger partial charge in [0.2, 0.25) is 5.91 Å². The van der Waals surface area contributed by atoms with E-state index in [2.05, 4.69) is 34.1 Å². The maximum Gasteiger partial charge on any atom is 0.239 e. The number of hydrogen-bond acceptors (Lipinski definition) is 4. The molecule has 1 amide bonds. The molecule has 1 aromatic rings. The van der Waals surface area contributed by atoms with Crippen LogP contribution in [0, 0.1) is 17.8 Å². The third-order valence-electron chi connectivity index (χ3n) is 7.20. The van der Waals surface area contributed by atoms with E-state index in [-0.39, 0.29) is 42.7 Å². The quantitative estimate of drug-likeness (QED) is 0.744. The van der Waals surface area contributed by atoms with Gasteiger partial charge in [0.25, 0.3) is 0 Å². The lowest BCUT2D eigenvalue weighted by Gasteiger charge is -2.55. The van der Waals surface area contributed by atoms with Gasteiger partial charge in [-0.3, -0.25) is 9.69 Å². The number of hydrogen-bond donors (Lipinski definition) is 1. The Bertz CT molecular complexity index is 700. The second-order valence-electron chi connectivity index (χ2n) is 9.36. The van der Waals surface area contributed by atoms with Crippen molar-refractivity contribution in [1.29, 1.82) is 0 Å². The summed E-state index contributed by atoms with van der Waals surface area (Å²) in [4.78, 5) is 17.7. The lowest BCUT2D eigenvalue weighted by molar-refractivity contribution is -0.141. The molecule has 0 aliphatic carbocycles. The lowest BCUT2D eigenvalue weighted by atomic mass is 9.73. The first kappa shape index (κ1) is 25.3. The van der Waals surface area contributed by atoms with Crippen LogP contribution in [0.5, 0.6) is 5.75 Å². The Labute approximate surface area is 193 Å². The Hall–Kier alpha value is -1.01. The van der Waals surface area contributed by atoms with Gasteiger partial charge in [0, 0.05) is 31.7 Å². The van der Waals surface area contributed by atoms with Crippen molar-refractivity contribution in [3.8, 4) is 5.75 Å². The van der Waals surface area contributed by atoms with Gasteiger partial charge >= 0.3 is 0 Å². The molecule has 170 valence electrons. The standard InChI is InChI=1S/C23H35N3O2.2ClH/c1-15(2)22(24)23(27)25-12-16-11-18(14-25)21-6-4-5-20(26(21)13-16)17-7-9-19(28-3)10-8-17;;/h7-10,15-16,18,20-22H,4-6,11-14,24H2,1-3H3;2*1H/t16-,18+,20+,21-,22-;;/m0../s1. The predicted molar refractivity (Wildman–Crippen MR) is 126 cm³/mol. The van der Waals surface area contributed by atoms with Crippen LogP contribution in [0.3, 0.4) is 0 Å². The van der Waals surface area contributed by atoms with Gasteiger partial charge in [-0.05, 0) is 61.1 Å². The van der Waals surface area contributed by atoms with Crippen molar-refractivity contribution < 1.29 is 9.53 Å². The smallest absolute Gasteiger partial charge is 0.239 e. The van der Waals surface area contributed by atoms with Crippen LogP contribution in [0.25, 0.3) is 0 Å². The maximum atomic E-state index is 12.9. The topological polar surface area (TPSA) is 58.8 Å². The number of likely N-dealkylation sites (tertiary alicyclic amines) is 1. The van der Waals surface area contributed by atoms with Crippen LogP contribution in [0.2, 0.25) is 0 Å². The minimum Gasteiger partial charge on any atom is -0.497 e. The van der Waals surface area contributed by atoms with E-state index < -0.39 is 0 Å². The molecule has 0 aromatic heterocycles. The van der Waals surface area contributed by atoms with E-state index in [1.54, 1.807) is 7.11 Å². The molecule has 3 heterocycles. The number of nitrogens with two attached hydrogens (primary N) is 1. The summed E-state index contributed by atoms with van der Waals surface area (Å²) in [6.45, 7) is 6.92. The van der Waals surface area contributed by atoms with E-state index in [1.165, 1.54) is 31.2 Å². The fourth-order valence-electron chi connectivity index (χ4n) is 5.67. The highest BCUT2D eigenvalue weighted by Gasteiger charge is 2.46. The highest BCUT2D eigenvalue weighted by Crippen LogP contribution is 2.44. The Balaban J connectivity index is 0.00000160. The molecule has 30 heavy (non-hydrogen) atoms. The number of carbonyl (C=O) groups is 1. The van der Waals surface area contributed by atoms with Crippen LogP contribution in [-0.4, -0.2) is 54.5 Å². The number of methoxy groups -OCH3 is 1. The Morgan fingerprint density at radius 3 is 2.43 bits per heavy atom. The van der Waals surface area contributed by atoms with Crippen molar-refractivity contribution in [2.75, 3.05) is 26.7 Å². The predicted octanol–water partition coefficient (Wildman–Crippen LogP) is 3.90. The fraction of sp³-hybridized carbons (Fsp3) is 0.696. The van der Waals surface area contributed by atoms with Crippen molar-refractivity contribution in [2.45, 2.75) is 57.7 Å². The molecule has 3 saturated heterocycles. The monoisotopic (exact) mass is 457 g/mol. The van der Waals surface area contributed by atoms with E-state index in [4.69, 9.17) is 10.5 Å². The average Bonchev–Trinajstić information content (AvgIpc) is 2.72. The average molecular weight is 458 g/mol. The highest BCUT2D eigenvalue weighted by molar-refractivity contribution is 5.85. The Morgan fingerprint density at radius 2 is 1.80 bits per heavy atom. The normalized spacial score (nSPS) is 29.3. The number of carbonyl (C=O) groups excluding carboxylic acids is 1. The molecule has 0 spiro atoms. The van der Waals surface area contributed by atoms with Gasteiger partial charge in [0.1, 0.15) is 5.75 Å². The van der Waals surface area contributed by atoms with E-state index in [9.17, 15) is 4.79 Å². The van der Waals surface area contributed by atoms with Gasteiger partial charge in [-0.25, -0.2) is 0 Å². The Morgan fingerprint density at radius 1 is 1.10 bits per heavy atom. The molecular formula is C23H37Cl2N3O2. The van der Waals surface area contributed by atoms with Gasteiger partial charge < -0.3 is 15.4 Å². The SMILES string of the molecule is COc1ccc([C@H]2CCC[C@H]3[C@@H]4C[C@@H](CN(C(=O)[C@@H](N)C(C)C)C4)CN23)cc1.Cl.Cl. The van der Waals surface area contributed by atoms with Gasteiger partial charge in [-0.2, -0.15) is 0 Å². The number of rotatable bonds is 4. The van der Waals surface area contributed by atoms with Gasteiger partial charge in [-0.1, -0.05) is 26.0 Å². The summed E-state index contributed by atoms with van der Waals surface area (Å²) >= 11 is 0. The van der Waals surface area contributed by atoms with Crippen molar-refractivity contribution in [3.63, 3.8) is 0 Å². The van der Waals surface area contributed by atoms with Crippen LogP contribution < -0.4 is 10.5 Å². The van der Waals surface area contributed by atoms with Crippen molar-refractivity contribution in [3.05, 3.63) is 29.8 Å². The van der Waals surface area contributed by atoms with Crippen LogP contribution in [0.15, 0.2) is 24.3 Å². The summed E-state index contributed by atoms with van der Waals surface area (Å²) in [5, 5.41) is 0. The maximum absolute atomic E-state index is 12.9. The first-order chi connectivity index (χ1) is 13.5. The molecule has 3 aliphatic rings. The van der Waals surface area contributed by atoms with Crippen molar-refractivity contribution in [1.82, 2.24) is 9.80 Å². The molecular weight excluding hydrogens is 421 g/mol. The van der Waals surface area contributed by atoms with Crippen LogP contribution in [0.4, 0.5) is 0 Å². The number of halogens is 2. The van der Waals surface area contributed by atoms with Gasteiger partial charge in [-0.15, -0.1) is 24.8 Å². The number of ether oxygens (including phenoxy) is 1. The molecule has 0 unspecified atom stereocenters. The summed E-state index contributed by atoms with van der Waals surface area (Å²) in [6.07, 6.45) is 5.00. The molecule has 7 heteroatoms. The third kappa shape index (κ3) is 4.90. The molecule has 5 atom stereocenters. The molecule has 0 radical (unpaired) electrons. The third-order valence-corrected chi connectivity index (χ3v) is 7.20. The van der Waals surface area contributed by atoms with E-state index >= 15 is 0 Å². The zero-order valence-electron chi connectivity index (χ0n) is 18.3. The zero-order valence-corrected chi connectivity index (χ0v) is 20.0. The first-order valence-corrected chi connectivity index (χ1v) is 10.9. The van der Waals surface area contributed by atoms with E-state index in [0.29, 0.717) is 23.9 Å². The van der Waals surface area contributed by atoms with Crippen LogP contribution >= 0.6 is 24.8 Å². The minimum atomic E-state index is -0.367. The number of fused-ring (bicyclic) bond motifs is 4. The van der Waals surface area contributed by atoms with E-state index in [0.717, 1.165) is 25.4 Å². The van der Waals surface area contributed by atoms with Gasteiger partial charge in [0.15, 0.2) is 0 Å². The number of piperidine rings is 3. The van der Waals surface area contributed by atoms with Crippen molar-refractivity contribution >= 4 is 30.7 Å². The molecule has 2 N–H and O–H groups in total. The van der Waals surface area contributed by atoms with E-state index in [1.807, 2.05) is 13.8 Å². The zero-order chi connectivity index (χ0) is 19.8. The summed E-state index contributed by atoms with van der Waals surface area (Å²) in [5.41, 5.74) is 7.59. The summed E-state index contributed by atoms with van der Waals surface area (Å²) < 4.78 is 5.33. The lowest BCUT2D eigenvalue weighted by Crippen LogP contribution is -2.62. The number of amides is 1. The summed E-state index contributed by atoms with van der Waals surface area (Å²) in [5.74, 6) is 2.41. The molecule has 0 saturated carbocycles. The fourth-order valence-corrected chi connectivity index (χ4v) is 5.67. The second kappa shape index (κ2) is 10.5. The molecule has 1 aromatic carbocycles. The highest BCUT2D eigenvalue weighted by atomic mass is 35.5. The molecule has 4 rings (SSSR count). The van der Waals surface area contributed by atoms with Crippen LogP contribution in [-0.2, 0) is 4.79 Å². The summed E-state index contributed by atoms with van der Waals surface area (Å²) in [7, 11) is 1.72. The van der Waals surface area contributed by atoms with Gasteiger partial charge in [0.05, 0.1) is 13.2 Å². The summed E-state index contributed by atoms with van der Waals surface area (Å²) in [6, 6.07) is 9.34. The molecule has 2 bridgehead atoms. The number of benzene rings is 1. The van der Waals surface area contributed by atoms with Crippen molar-refractivity contribution in [2.24, 2.45) is 23.5 Å². The molecule has 3 aliphatic heterocycles. The molecule has 5 nitrogen and oxygen atoms in total.